The van der Waals surface area contributed by atoms with E-state index in [9.17, 15) is 14.4 Å². The van der Waals surface area contributed by atoms with Crippen LogP contribution in [0.15, 0.2) is 0 Å². The number of carbonyl (C=O) groups excluding carboxylic acids is 3. The molecule has 1 aliphatic rings. The lowest BCUT2D eigenvalue weighted by Gasteiger charge is -2.32. The summed E-state index contributed by atoms with van der Waals surface area (Å²) in [7, 11) is 0. The van der Waals surface area contributed by atoms with Gasteiger partial charge in [0.1, 0.15) is 23.6 Å². The van der Waals surface area contributed by atoms with Crippen molar-refractivity contribution in [2.24, 2.45) is 11.7 Å². The van der Waals surface area contributed by atoms with Crippen molar-refractivity contribution in [2.45, 2.75) is 59.0 Å². The zero-order valence-electron chi connectivity index (χ0n) is 17.9. The number of nitrogen functional groups attached to an aromatic ring is 1. The number of amides is 1. The SMILES string of the molecule is Cc1nc(CCOC(=O)CC(=O)C2CCN(C(=O)OC(C)(C)C)CC2)sc1C(=N)N. The van der Waals surface area contributed by atoms with Gasteiger partial charge in [0.15, 0.2) is 0 Å². The Morgan fingerprint density at radius 1 is 1.27 bits per heavy atom. The molecule has 1 fully saturated rings. The van der Waals surface area contributed by atoms with Gasteiger partial charge in [-0.1, -0.05) is 0 Å². The maximum absolute atomic E-state index is 12.4. The molecule has 0 radical (unpaired) electrons. The zero-order chi connectivity index (χ0) is 22.5. The number of nitrogens with two attached hydrogens (primary N) is 1. The van der Waals surface area contributed by atoms with E-state index in [0.29, 0.717) is 42.9 Å². The number of likely N-dealkylation sites (tertiary alicyclic amines) is 1. The number of esters is 1. The number of nitrogens with zero attached hydrogens (tertiary/aromatic N) is 2. The Bertz CT molecular complexity index is 807. The molecule has 166 valence electrons. The van der Waals surface area contributed by atoms with Gasteiger partial charge in [0.05, 0.1) is 22.2 Å². The van der Waals surface area contributed by atoms with Crippen molar-refractivity contribution in [3.8, 4) is 0 Å². The van der Waals surface area contributed by atoms with Gasteiger partial charge in [-0.05, 0) is 40.5 Å². The van der Waals surface area contributed by atoms with Gasteiger partial charge in [0.25, 0.3) is 0 Å². The predicted molar refractivity (Wildman–Crippen MR) is 113 cm³/mol. The van der Waals surface area contributed by atoms with Gasteiger partial charge >= 0.3 is 12.1 Å². The molecule has 2 rings (SSSR count). The number of aromatic nitrogens is 1. The zero-order valence-corrected chi connectivity index (χ0v) is 18.8. The highest BCUT2D eigenvalue weighted by atomic mass is 32.1. The lowest BCUT2D eigenvalue weighted by atomic mass is 9.91. The fraction of sp³-hybridized carbons (Fsp3) is 0.650. The number of piperidine rings is 1. The number of Topliss-reactive ketones (excluding diaryl/α,β-unsaturated/α-hetero) is 1. The van der Waals surface area contributed by atoms with Crippen LogP contribution in [0.2, 0.25) is 0 Å². The molecule has 2 heterocycles. The summed E-state index contributed by atoms with van der Waals surface area (Å²) in [6.45, 7) is 8.19. The largest absolute Gasteiger partial charge is 0.465 e. The Labute approximate surface area is 180 Å². The summed E-state index contributed by atoms with van der Waals surface area (Å²) in [5.41, 5.74) is 5.61. The van der Waals surface area contributed by atoms with Crippen molar-refractivity contribution < 1.29 is 23.9 Å². The minimum atomic E-state index is -0.561. The molecular weight excluding hydrogens is 408 g/mol. The van der Waals surface area contributed by atoms with E-state index in [1.54, 1.807) is 11.8 Å². The number of hydrogen-bond donors (Lipinski definition) is 2. The third kappa shape index (κ3) is 7.08. The van der Waals surface area contributed by atoms with E-state index in [2.05, 4.69) is 4.98 Å². The summed E-state index contributed by atoms with van der Waals surface area (Å²) >= 11 is 1.30. The molecule has 0 unspecified atom stereocenters. The summed E-state index contributed by atoms with van der Waals surface area (Å²) in [5.74, 6) is -1.00. The van der Waals surface area contributed by atoms with E-state index in [-0.39, 0.29) is 36.7 Å². The number of ether oxygens (including phenoxy) is 2. The second-order valence-corrected chi connectivity index (χ2v) is 9.37. The second kappa shape index (κ2) is 10.0. The Hall–Kier alpha value is -2.49. The van der Waals surface area contributed by atoms with Crippen LogP contribution in [0.3, 0.4) is 0 Å². The Kier molecular flexibility index (Phi) is 7.94. The van der Waals surface area contributed by atoms with Gasteiger partial charge < -0.3 is 20.1 Å². The third-order valence-electron chi connectivity index (χ3n) is 4.59. The average molecular weight is 439 g/mol. The van der Waals surface area contributed by atoms with Crippen LogP contribution in [0.25, 0.3) is 0 Å². The van der Waals surface area contributed by atoms with Crippen molar-refractivity contribution >= 4 is 35.0 Å². The topological polar surface area (TPSA) is 136 Å². The van der Waals surface area contributed by atoms with Crippen molar-refractivity contribution in [3.63, 3.8) is 0 Å². The van der Waals surface area contributed by atoms with Crippen LogP contribution in [0, 0.1) is 18.3 Å². The quantitative estimate of drug-likeness (QED) is 0.289. The van der Waals surface area contributed by atoms with E-state index in [1.807, 2.05) is 20.8 Å². The standard InChI is InChI=1S/C20H30N4O5S/c1-12-17(18(21)22)30-15(23-12)7-10-28-16(26)11-14(25)13-5-8-24(9-6-13)19(27)29-20(2,3)4/h13H,5-11H2,1-4H3,(H3,21,22). The molecule has 3 N–H and O–H groups in total. The number of carbonyl (C=O) groups is 3. The predicted octanol–water partition coefficient (Wildman–Crippen LogP) is 2.43. The first-order valence-corrected chi connectivity index (χ1v) is 10.7. The van der Waals surface area contributed by atoms with Gasteiger partial charge in [-0.2, -0.15) is 0 Å². The van der Waals surface area contributed by atoms with Crippen molar-refractivity contribution in [1.82, 2.24) is 9.88 Å². The minimum Gasteiger partial charge on any atom is -0.465 e. The summed E-state index contributed by atoms with van der Waals surface area (Å²) in [4.78, 5) is 43.0. The van der Waals surface area contributed by atoms with Crippen LogP contribution in [0.4, 0.5) is 4.79 Å². The number of ketones is 1. The highest BCUT2D eigenvalue weighted by Crippen LogP contribution is 2.22. The monoisotopic (exact) mass is 438 g/mol. The van der Waals surface area contributed by atoms with Crippen molar-refractivity contribution in [3.05, 3.63) is 15.6 Å². The van der Waals surface area contributed by atoms with Crippen LogP contribution in [-0.2, 0) is 25.5 Å². The molecule has 0 aliphatic carbocycles. The molecule has 30 heavy (non-hydrogen) atoms. The highest BCUT2D eigenvalue weighted by Gasteiger charge is 2.30. The highest BCUT2D eigenvalue weighted by molar-refractivity contribution is 7.13. The van der Waals surface area contributed by atoms with Crippen molar-refractivity contribution in [2.75, 3.05) is 19.7 Å². The third-order valence-corrected chi connectivity index (χ3v) is 5.84. The molecule has 0 bridgehead atoms. The van der Waals surface area contributed by atoms with Gasteiger partial charge in [0, 0.05) is 25.4 Å². The van der Waals surface area contributed by atoms with Crippen LogP contribution in [-0.4, -0.2) is 58.9 Å². The van der Waals surface area contributed by atoms with Gasteiger partial charge in [-0.15, -0.1) is 11.3 Å². The van der Waals surface area contributed by atoms with E-state index in [1.165, 1.54) is 11.3 Å². The first kappa shape index (κ1) is 23.8. The number of thiazole rings is 1. The molecule has 1 amide bonds. The molecule has 10 heteroatoms. The molecule has 1 aromatic rings. The summed E-state index contributed by atoms with van der Waals surface area (Å²) in [6, 6.07) is 0. The molecule has 9 nitrogen and oxygen atoms in total. The van der Waals surface area contributed by atoms with Gasteiger partial charge in [-0.25, -0.2) is 9.78 Å². The number of rotatable bonds is 7. The van der Waals surface area contributed by atoms with Gasteiger partial charge in [0.2, 0.25) is 0 Å². The maximum atomic E-state index is 12.4. The molecular formula is C20H30N4O5S. The Balaban J connectivity index is 1.71. The lowest BCUT2D eigenvalue weighted by molar-refractivity contribution is -0.147. The maximum Gasteiger partial charge on any atom is 0.410 e. The number of amidine groups is 1. The second-order valence-electron chi connectivity index (χ2n) is 8.29. The van der Waals surface area contributed by atoms with Crippen LogP contribution < -0.4 is 5.73 Å². The normalized spacial score (nSPS) is 15.0. The van der Waals surface area contributed by atoms with Gasteiger partial charge in [-0.3, -0.25) is 15.0 Å². The van der Waals surface area contributed by atoms with Crippen LogP contribution >= 0.6 is 11.3 Å². The van der Waals surface area contributed by atoms with Crippen LogP contribution in [0.5, 0.6) is 0 Å². The van der Waals surface area contributed by atoms with Crippen molar-refractivity contribution in [1.29, 1.82) is 5.41 Å². The first-order chi connectivity index (χ1) is 14.0. The van der Waals surface area contributed by atoms with E-state index in [4.69, 9.17) is 20.6 Å². The number of aryl methyl sites for hydroxylation is 1. The minimum absolute atomic E-state index is 0.0310. The van der Waals surface area contributed by atoms with E-state index >= 15 is 0 Å². The molecule has 1 aliphatic heterocycles. The molecule has 0 saturated carbocycles. The fourth-order valence-electron chi connectivity index (χ4n) is 3.11. The lowest BCUT2D eigenvalue weighted by Crippen LogP contribution is -2.43. The molecule has 1 aromatic heterocycles. The van der Waals surface area contributed by atoms with E-state index in [0.717, 1.165) is 5.01 Å². The smallest absolute Gasteiger partial charge is 0.410 e. The first-order valence-electron chi connectivity index (χ1n) is 9.93. The number of hydrogen-bond acceptors (Lipinski definition) is 8. The van der Waals surface area contributed by atoms with E-state index < -0.39 is 11.6 Å². The summed E-state index contributed by atoms with van der Waals surface area (Å²) < 4.78 is 10.5. The Morgan fingerprint density at radius 3 is 2.43 bits per heavy atom. The molecule has 1 saturated heterocycles. The summed E-state index contributed by atoms with van der Waals surface area (Å²) in [5, 5.41) is 8.21. The molecule has 0 aromatic carbocycles. The average Bonchev–Trinajstić information content (AvgIpc) is 3.01. The molecule has 0 atom stereocenters. The number of nitrogens with one attached hydrogen (secondary N) is 1. The Morgan fingerprint density at radius 2 is 1.90 bits per heavy atom. The molecule has 0 spiro atoms. The summed E-state index contributed by atoms with van der Waals surface area (Å²) in [6.07, 6.45) is 0.785. The van der Waals surface area contributed by atoms with Crippen LogP contribution in [0.1, 0.15) is 55.6 Å². The fourth-order valence-corrected chi connectivity index (χ4v) is 4.02.